The predicted octanol–water partition coefficient (Wildman–Crippen LogP) is 3.05. The van der Waals surface area contributed by atoms with Gasteiger partial charge in [0, 0.05) is 30.8 Å². The lowest BCUT2D eigenvalue weighted by Gasteiger charge is -2.16. The second kappa shape index (κ2) is 8.71. The van der Waals surface area contributed by atoms with Crippen LogP contribution in [0.3, 0.4) is 0 Å². The Kier molecular flexibility index (Phi) is 6.33. The molecule has 0 bridgehead atoms. The van der Waals surface area contributed by atoms with Crippen molar-refractivity contribution < 1.29 is 36.0 Å². The number of non-ortho nitro benzene ring substituents is 1. The molecule has 2 aromatic carbocycles. The SMILES string of the molecule is COc1ccc(Cc2cc([N+](=O)[O-])cc(S(N)(=O)=O)c2-n2cc(C(F)(F)F)cn2)c(OC)c1. The van der Waals surface area contributed by atoms with Crippen LogP contribution in [0.2, 0.25) is 0 Å². The van der Waals surface area contributed by atoms with Gasteiger partial charge in [0.15, 0.2) is 0 Å². The van der Waals surface area contributed by atoms with E-state index in [1.54, 1.807) is 12.1 Å². The zero-order chi connectivity index (χ0) is 24.6. The van der Waals surface area contributed by atoms with Crippen LogP contribution in [0.15, 0.2) is 47.6 Å². The monoisotopic (exact) mass is 486 g/mol. The first-order chi connectivity index (χ1) is 15.3. The highest BCUT2D eigenvalue weighted by molar-refractivity contribution is 7.89. The summed E-state index contributed by atoms with van der Waals surface area (Å²) in [6, 6.07) is 6.39. The van der Waals surface area contributed by atoms with Crippen LogP contribution in [0.5, 0.6) is 11.5 Å². The number of methoxy groups -OCH3 is 2. The molecule has 0 aliphatic carbocycles. The Bertz CT molecular complexity index is 1320. The predicted molar refractivity (Wildman–Crippen MR) is 109 cm³/mol. The van der Waals surface area contributed by atoms with E-state index in [1.807, 2.05) is 0 Å². The number of aromatic nitrogens is 2. The topological polar surface area (TPSA) is 140 Å². The first-order valence-corrected chi connectivity index (χ1v) is 10.6. The molecule has 14 heteroatoms. The van der Waals surface area contributed by atoms with Crippen LogP contribution in [-0.4, -0.2) is 37.3 Å². The van der Waals surface area contributed by atoms with Gasteiger partial charge in [-0.25, -0.2) is 18.2 Å². The molecule has 0 saturated heterocycles. The van der Waals surface area contributed by atoms with Crippen molar-refractivity contribution in [2.75, 3.05) is 14.2 Å². The van der Waals surface area contributed by atoms with E-state index in [4.69, 9.17) is 14.6 Å². The number of halogens is 3. The van der Waals surface area contributed by atoms with E-state index in [9.17, 15) is 31.7 Å². The van der Waals surface area contributed by atoms with Crippen molar-refractivity contribution in [3.05, 3.63) is 69.5 Å². The fraction of sp³-hybridized carbons (Fsp3) is 0.211. The maximum absolute atomic E-state index is 13.1. The molecular weight excluding hydrogens is 469 g/mol. The number of nitro benzene ring substituents is 1. The molecule has 0 fully saturated rings. The molecule has 0 unspecified atom stereocenters. The summed E-state index contributed by atoms with van der Waals surface area (Å²) in [4.78, 5) is 9.84. The Balaban J connectivity index is 2.31. The molecule has 1 aromatic heterocycles. The lowest BCUT2D eigenvalue weighted by atomic mass is 10.0. The van der Waals surface area contributed by atoms with Crippen molar-refractivity contribution >= 4 is 15.7 Å². The van der Waals surface area contributed by atoms with Gasteiger partial charge in [0.05, 0.1) is 36.6 Å². The van der Waals surface area contributed by atoms with E-state index >= 15 is 0 Å². The van der Waals surface area contributed by atoms with Gasteiger partial charge in [0.2, 0.25) is 10.0 Å². The lowest BCUT2D eigenvalue weighted by Crippen LogP contribution is -2.18. The maximum atomic E-state index is 13.1. The van der Waals surface area contributed by atoms with E-state index in [1.165, 1.54) is 20.3 Å². The zero-order valence-corrected chi connectivity index (χ0v) is 18.0. The summed E-state index contributed by atoms with van der Waals surface area (Å²) in [5, 5.41) is 20.3. The number of nitrogens with two attached hydrogens (primary N) is 1. The minimum atomic E-state index is -4.75. The second-order valence-electron chi connectivity index (χ2n) is 6.78. The molecule has 0 amide bonds. The molecule has 33 heavy (non-hydrogen) atoms. The van der Waals surface area contributed by atoms with Crippen LogP contribution in [0.25, 0.3) is 5.69 Å². The van der Waals surface area contributed by atoms with Gasteiger partial charge in [0.1, 0.15) is 16.4 Å². The van der Waals surface area contributed by atoms with E-state index in [-0.39, 0.29) is 17.7 Å². The lowest BCUT2D eigenvalue weighted by molar-refractivity contribution is -0.385. The Hall–Kier alpha value is -3.65. The summed E-state index contributed by atoms with van der Waals surface area (Å²) in [5.74, 6) is 0.752. The number of alkyl halides is 3. The van der Waals surface area contributed by atoms with Gasteiger partial charge in [-0.3, -0.25) is 10.1 Å². The summed E-state index contributed by atoms with van der Waals surface area (Å²) in [6.07, 6.45) is -3.83. The number of rotatable bonds is 7. The summed E-state index contributed by atoms with van der Waals surface area (Å²) in [5.41, 5.74) is -1.68. The van der Waals surface area contributed by atoms with E-state index in [0.29, 0.717) is 40.2 Å². The number of ether oxygens (including phenoxy) is 2. The Morgan fingerprint density at radius 3 is 2.36 bits per heavy atom. The van der Waals surface area contributed by atoms with Crippen molar-refractivity contribution in [1.29, 1.82) is 0 Å². The van der Waals surface area contributed by atoms with Crippen molar-refractivity contribution in [2.45, 2.75) is 17.5 Å². The quantitative estimate of drug-likeness (QED) is 0.400. The zero-order valence-electron chi connectivity index (χ0n) is 17.2. The highest BCUT2D eigenvalue weighted by atomic mass is 32.2. The van der Waals surface area contributed by atoms with Gasteiger partial charge < -0.3 is 9.47 Å². The number of hydrogen-bond acceptors (Lipinski definition) is 7. The molecule has 0 spiro atoms. The van der Waals surface area contributed by atoms with Crippen LogP contribution in [0.1, 0.15) is 16.7 Å². The van der Waals surface area contributed by atoms with Crippen molar-refractivity contribution in [2.24, 2.45) is 5.14 Å². The molecule has 3 rings (SSSR count). The third-order valence-electron chi connectivity index (χ3n) is 4.67. The first kappa shape index (κ1) is 24.0. The molecule has 176 valence electrons. The van der Waals surface area contributed by atoms with Gasteiger partial charge in [0.25, 0.3) is 5.69 Å². The second-order valence-corrected chi connectivity index (χ2v) is 8.31. The van der Waals surface area contributed by atoms with Crippen LogP contribution < -0.4 is 14.6 Å². The largest absolute Gasteiger partial charge is 0.497 e. The van der Waals surface area contributed by atoms with Gasteiger partial charge in [-0.2, -0.15) is 18.3 Å². The fourth-order valence-electron chi connectivity index (χ4n) is 3.16. The molecule has 2 N–H and O–H groups in total. The van der Waals surface area contributed by atoms with Crippen molar-refractivity contribution in [3.63, 3.8) is 0 Å². The first-order valence-electron chi connectivity index (χ1n) is 9.02. The Morgan fingerprint density at radius 1 is 1.15 bits per heavy atom. The molecule has 0 radical (unpaired) electrons. The minimum Gasteiger partial charge on any atom is -0.497 e. The van der Waals surface area contributed by atoms with Crippen LogP contribution >= 0.6 is 0 Å². The number of nitro groups is 1. The minimum absolute atomic E-state index is 0.0199. The number of hydrogen-bond donors (Lipinski definition) is 1. The van der Waals surface area contributed by atoms with E-state index in [2.05, 4.69) is 5.10 Å². The van der Waals surface area contributed by atoms with Crippen LogP contribution in [-0.2, 0) is 22.6 Å². The number of primary sulfonamides is 1. The van der Waals surface area contributed by atoms with Crippen molar-refractivity contribution in [1.82, 2.24) is 9.78 Å². The highest BCUT2D eigenvalue weighted by Crippen LogP contribution is 2.35. The van der Waals surface area contributed by atoms with Gasteiger partial charge in [-0.1, -0.05) is 6.07 Å². The smallest absolute Gasteiger partial charge is 0.419 e. The number of benzene rings is 2. The van der Waals surface area contributed by atoms with Crippen LogP contribution in [0, 0.1) is 10.1 Å². The van der Waals surface area contributed by atoms with Crippen molar-refractivity contribution in [3.8, 4) is 17.2 Å². The van der Waals surface area contributed by atoms with Gasteiger partial charge in [-0.05, 0) is 17.2 Å². The van der Waals surface area contributed by atoms with E-state index < -0.39 is 37.3 Å². The molecule has 0 aliphatic heterocycles. The van der Waals surface area contributed by atoms with E-state index in [0.717, 1.165) is 6.07 Å². The summed E-state index contributed by atoms with van der Waals surface area (Å²) >= 11 is 0. The number of nitrogens with zero attached hydrogens (tertiary/aromatic N) is 3. The molecular formula is C19H17F3N4O6S. The molecule has 0 aliphatic rings. The molecule has 0 saturated carbocycles. The fourth-order valence-corrected chi connectivity index (χ4v) is 3.94. The summed E-state index contributed by atoms with van der Waals surface area (Å²) in [6.45, 7) is 0. The molecule has 3 aromatic rings. The average Bonchev–Trinajstić information content (AvgIpc) is 3.23. The summed E-state index contributed by atoms with van der Waals surface area (Å²) < 4.78 is 75.0. The molecule has 10 nitrogen and oxygen atoms in total. The Morgan fingerprint density at radius 2 is 1.85 bits per heavy atom. The average molecular weight is 486 g/mol. The molecule has 1 heterocycles. The highest BCUT2D eigenvalue weighted by Gasteiger charge is 2.33. The van der Waals surface area contributed by atoms with Gasteiger partial charge >= 0.3 is 6.18 Å². The maximum Gasteiger partial charge on any atom is 0.419 e. The molecule has 0 atom stereocenters. The third-order valence-corrected chi connectivity index (χ3v) is 5.59. The summed E-state index contributed by atoms with van der Waals surface area (Å²) in [7, 11) is -1.80. The Labute approximate surface area is 185 Å². The standard InChI is InChI=1S/C19H17F3N4O6S/c1-31-15-4-3-11(16(8-15)32-2)5-12-6-14(26(27)28)7-17(33(23,29)30)18(12)25-10-13(9-24-25)19(20,21)22/h3-4,6-10H,5H2,1-2H3,(H2,23,29,30). The van der Waals surface area contributed by atoms with Crippen LogP contribution in [0.4, 0.5) is 18.9 Å². The third kappa shape index (κ3) is 5.06. The van der Waals surface area contributed by atoms with Gasteiger partial charge in [-0.15, -0.1) is 0 Å². The number of sulfonamides is 1. The normalized spacial score (nSPS) is 11.9.